The fourth-order valence-corrected chi connectivity index (χ4v) is 4.75. The zero-order valence-corrected chi connectivity index (χ0v) is 16.5. The summed E-state index contributed by atoms with van der Waals surface area (Å²) in [4.78, 5) is 33.0. The van der Waals surface area contributed by atoms with E-state index in [1.165, 1.54) is 11.3 Å². The minimum absolute atomic E-state index is 0.0314. The minimum Gasteiger partial charge on any atom is -0.397 e. The SMILES string of the molecule is CNC(=O)c1sc2nc([C@H]3CCCCN3C(=O)c3ccccc3)ccc2c1N. The third-order valence-electron chi connectivity index (χ3n) is 5.17. The second-order valence-corrected chi connectivity index (χ2v) is 7.89. The van der Waals surface area contributed by atoms with E-state index in [-0.39, 0.29) is 17.9 Å². The highest BCUT2D eigenvalue weighted by Crippen LogP contribution is 2.36. The first kappa shape index (κ1) is 18.4. The fourth-order valence-electron chi connectivity index (χ4n) is 3.71. The highest BCUT2D eigenvalue weighted by molar-refractivity contribution is 7.21. The summed E-state index contributed by atoms with van der Waals surface area (Å²) in [6, 6.07) is 13.1. The molecule has 1 aliphatic rings. The molecule has 0 unspecified atom stereocenters. The van der Waals surface area contributed by atoms with E-state index >= 15 is 0 Å². The van der Waals surface area contributed by atoms with Crippen LogP contribution in [0.2, 0.25) is 0 Å². The van der Waals surface area contributed by atoms with E-state index in [9.17, 15) is 9.59 Å². The van der Waals surface area contributed by atoms with Crippen LogP contribution in [-0.4, -0.2) is 35.3 Å². The van der Waals surface area contributed by atoms with Crippen molar-refractivity contribution in [1.29, 1.82) is 0 Å². The monoisotopic (exact) mass is 394 g/mol. The molecule has 2 amide bonds. The van der Waals surface area contributed by atoms with E-state index in [1.54, 1.807) is 7.05 Å². The lowest BCUT2D eigenvalue weighted by molar-refractivity contribution is 0.0606. The first-order valence-corrected chi connectivity index (χ1v) is 10.2. The zero-order valence-electron chi connectivity index (χ0n) is 15.6. The number of aromatic nitrogens is 1. The molecule has 1 fully saturated rings. The highest BCUT2D eigenvalue weighted by atomic mass is 32.1. The Labute approximate surface area is 167 Å². The Morgan fingerprint density at radius 2 is 1.96 bits per heavy atom. The first-order valence-electron chi connectivity index (χ1n) is 9.37. The number of nitrogen functional groups attached to an aromatic ring is 1. The van der Waals surface area contributed by atoms with Crippen LogP contribution in [-0.2, 0) is 0 Å². The molecule has 0 spiro atoms. The van der Waals surface area contributed by atoms with Gasteiger partial charge in [-0.25, -0.2) is 4.98 Å². The van der Waals surface area contributed by atoms with Gasteiger partial charge in [-0.15, -0.1) is 11.3 Å². The van der Waals surface area contributed by atoms with Crippen molar-refractivity contribution in [2.24, 2.45) is 0 Å². The van der Waals surface area contributed by atoms with Crippen molar-refractivity contribution in [2.75, 3.05) is 19.3 Å². The van der Waals surface area contributed by atoms with Crippen molar-refractivity contribution in [3.05, 3.63) is 58.6 Å². The van der Waals surface area contributed by atoms with Crippen LogP contribution in [0, 0.1) is 0 Å². The lowest BCUT2D eigenvalue weighted by atomic mass is 9.97. The number of hydrogen-bond donors (Lipinski definition) is 2. The van der Waals surface area contributed by atoms with Crippen LogP contribution in [0.1, 0.15) is 51.0 Å². The van der Waals surface area contributed by atoms with Crippen LogP contribution in [0.15, 0.2) is 42.5 Å². The predicted octanol–water partition coefficient (Wildman–Crippen LogP) is 3.61. The summed E-state index contributed by atoms with van der Waals surface area (Å²) in [5, 5.41) is 3.39. The minimum atomic E-state index is -0.208. The Hall–Kier alpha value is -2.93. The van der Waals surface area contributed by atoms with Crippen LogP contribution in [0.25, 0.3) is 10.2 Å². The molecule has 2 aromatic heterocycles. The molecular formula is C21H22N4O2S. The molecule has 3 aromatic rings. The number of amides is 2. The average molecular weight is 395 g/mol. The van der Waals surface area contributed by atoms with Gasteiger partial charge < -0.3 is 16.0 Å². The van der Waals surface area contributed by atoms with Crippen LogP contribution < -0.4 is 11.1 Å². The molecule has 6 nitrogen and oxygen atoms in total. The van der Waals surface area contributed by atoms with Crippen LogP contribution >= 0.6 is 11.3 Å². The van der Waals surface area contributed by atoms with Crippen molar-refractivity contribution < 1.29 is 9.59 Å². The van der Waals surface area contributed by atoms with Gasteiger partial charge >= 0.3 is 0 Å². The molecule has 0 aliphatic carbocycles. The van der Waals surface area contributed by atoms with E-state index < -0.39 is 0 Å². The van der Waals surface area contributed by atoms with Gasteiger partial charge in [-0.1, -0.05) is 18.2 Å². The smallest absolute Gasteiger partial charge is 0.263 e. The number of benzene rings is 1. The number of carbonyl (C=O) groups is 2. The molecule has 3 heterocycles. The van der Waals surface area contributed by atoms with Gasteiger partial charge in [0.05, 0.1) is 17.4 Å². The van der Waals surface area contributed by atoms with Crippen molar-refractivity contribution in [3.8, 4) is 0 Å². The number of nitrogens with zero attached hydrogens (tertiary/aromatic N) is 2. The molecule has 144 valence electrons. The molecular weight excluding hydrogens is 372 g/mol. The maximum Gasteiger partial charge on any atom is 0.263 e. The summed E-state index contributed by atoms with van der Waals surface area (Å²) in [5.74, 6) is -0.176. The number of piperidine rings is 1. The fraction of sp³-hybridized carbons (Fsp3) is 0.286. The largest absolute Gasteiger partial charge is 0.397 e. The van der Waals surface area contributed by atoms with Crippen molar-refractivity contribution in [1.82, 2.24) is 15.2 Å². The number of nitrogens with two attached hydrogens (primary N) is 1. The molecule has 1 atom stereocenters. The summed E-state index contributed by atoms with van der Waals surface area (Å²) in [5.41, 5.74) is 8.14. The van der Waals surface area contributed by atoms with E-state index in [0.29, 0.717) is 22.7 Å². The van der Waals surface area contributed by atoms with Gasteiger partial charge in [0.15, 0.2) is 0 Å². The molecule has 7 heteroatoms. The number of pyridine rings is 1. The van der Waals surface area contributed by atoms with E-state index in [0.717, 1.165) is 35.2 Å². The number of thiophene rings is 1. The van der Waals surface area contributed by atoms with Gasteiger partial charge in [0.2, 0.25) is 0 Å². The van der Waals surface area contributed by atoms with Crippen molar-refractivity contribution >= 4 is 39.1 Å². The van der Waals surface area contributed by atoms with E-state index in [4.69, 9.17) is 10.7 Å². The lowest BCUT2D eigenvalue weighted by Gasteiger charge is -2.35. The van der Waals surface area contributed by atoms with Crippen LogP contribution in [0.3, 0.4) is 0 Å². The molecule has 3 N–H and O–H groups in total. The summed E-state index contributed by atoms with van der Waals surface area (Å²) >= 11 is 1.29. The van der Waals surface area contributed by atoms with E-state index in [2.05, 4.69) is 5.32 Å². The molecule has 1 aliphatic heterocycles. The lowest BCUT2D eigenvalue weighted by Crippen LogP contribution is -2.38. The molecule has 1 aromatic carbocycles. The molecule has 4 rings (SSSR count). The molecule has 28 heavy (non-hydrogen) atoms. The normalized spacial score (nSPS) is 16.9. The van der Waals surface area contributed by atoms with Gasteiger partial charge in [-0.3, -0.25) is 9.59 Å². The maximum absolute atomic E-state index is 13.1. The van der Waals surface area contributed by atoms with E-state index in [1.807, 2.05) is 47.4 Å². The molecule has 0 saturated carbocycles. The maximum atomic E-state index is 13.1. The second kappa shape index (κ2) is 7.59. The van der Waals surface area contributed by atoms with Crippen molar-refractivity contribution in [2.45, 2.75) is 25.3 Å². The predicted molar refractivity (Wildman–Crippen MR) is 111 cm³/mol. The van der Waals surface area contributed by atoms with Crippen LogP contribution in [0.5, 0.6) is 0 Å². The topological polar surface area (TPSA) is 88.3 Å². The van der Waals surface area contributed by atoms with Gasteiger partial charge in [0, 0.05) is 24.5 Å². The quantitative estimate of drug-likeness (QED) is 0.710. The Morgan fingerprint density at radius 3 is 2.71 bits per heavy atom. The number of carbonyl (C=O) groups excluding carboxylic acids is 2. The van der Waals surface area contributed by atoms with Crippen molar-refractivity contribution in [3.63, 3.8) is 0 Å². The summed E-state index contributed by atoms with van der Waals surface area (Å²) < 4.78 is 0. The Balaban J connectivity index is 1.70. The zero-order chi connectivity index (χ0) is 19.7. The number of likely N-dealkylation sites (tertiary alicyclic amines) is 1. The summed E-state index contributed by atoms with van der Waals surface area (Å²) in [6.07, 6.45) is 2.92. The number of hydrogen-bond acceptors (Lipinski definition) is 5. The molecule has 0 radical (unpaired) electrons. The number of anilines is 1. The number of rotatable bonds is 3. The first-order chi connectivity index (χ1) is 13.6. The Bertz CT molecular complexity index is 1030. The molecule has 1 saturated heterocycles. The van der Waals surface area contributed by atoms with Gasteiger partial charge in [-0.2, -0.15) is 0 Å². The van der Waals surface area contributed by atoms with Gasteiger partial charge in [0.25, 0.3) is 11.8 Å². The van der Waals surface area contributed by atoms with Gasteiger partial charge in [-0.05, 0) is 43.5 Å². The number of fused-ring (bicyclic) bond motifs is 1. The summed E-state index contributed by atoms with van der Waals surface area (Å²) in [6.45, 7) is 0.716. The Morgan fingerprint density at radius 1 is 1.18 bits per heavy atom. The number of nitrogens with one attached hydrogen (secondary N) is 1. The average Bonchev–Trinajstić information content (AvgIpc) is 3.09. The Kier molecular flexibility index (Phi) is 5.00. The highest BCUT2D eigenvalue weighted by Gasteiger charge is 2.30. The third-order valence-corrected chi connectivity index (χ3v) is 6.29. The van der Waals surface area contributed by atoms with Gasteiger partial charge in [0.1, 0.15) is 9.71 Å². The second-order valence-electron chi connectivity index (χ2n) is 6.89. The van der Waals surface area contributed by atoms with Crippen LogP contribution in [0.4, 0.5) is 5.69 Å². The standard InChI is InChI=1S/C21H22N4O2S/c1-23-19(26)18-17(22)14-10-11-15(24-20(14)28-18)16-9-5-6-12-25(16)21(27)13-7-3-2-4-8-13/h2-4,7-8,10-11,16H,5-6,9,12,22H2,1H3,(H,23,26)/t16-/m1/s1. The molecule has 0 bridgehead atoms. The third kappa shape index (κ3) is 3.22. The summed E-state index contributed by atoms with van der Waals surface area (Å²) in [7, 11) is 1.58.